The zero-order chi connectivity index (χ0) is 16.5. The van der Waals surface area contributed by atoms with E-state index in [0.29, 0.717) is 19.7 Å². The number of rotatable bonds is 2. The largest absolute Gasteiger partial charge is 0.370 e. The van der Waals surface area contributed by atoms with Crippen LogP contribution in [0.15, 0.2) is 41.2 Å². The van der Waals surface area contributed by atoms with Crippen molar-refractivity contribution in [2.24, 2.45) is 0 Å². The number of amides is 1. The molecule has 1 aromatic heterocycles. The second-order valence-electron chi connectivity index (χ2n) is 6.39. The Morgan fingerprint density at radius 2 is 2.04 bits per heavy atom. The Labute approximate surface area is 140 Å². The van der Waals surface area contributed by atoms with Gasteiger partial charge >= 0.3 is 0 Å². The van der Waals surface area contributed by atoms with E-state index < -0.39 is 0 Å². The topological polar surface area (TPSA) is 62.4 Å². The highest BCUT2D eigenvalue weighted by atomic mass is 16.5. The molecule has 0 unspecified atom stereocenters. The van der Waals surface area contributed by atoms with Crippen LogP contribution in [0.5, 0.6) is 0 Å². The fourth-order valence-electron chi connectivity index (χ4n) is 3.55. The predicted molar refractivity (Wildman–Crippen MR) is 90.1 cm³/mol. The molecular formula is C19H20N2O3. The van der Waals surface area contributed by atoms with Crippen molar-refractivity contribution in [2.75, 3.05) is 19.7 Å². The molecule has 1 fully saturated rings. The van der Waals surface area contributed by atoms with Gasteiger partial charge in [-0.3, -0.25) is 9.59 Å². The Bertz CT molecular complexity index is 813. The maximum Gasteiger partial charge on any atom is 0.261 e. The molecule has 5 heteroatoms. The first-order chi connectivity index (χ1) is 11.7. The number of nitrogens with zero attached hydrogens (tertiary/aromatic N) is 1. The van der Waals surface area contributed by atoms with Crippen molar-refractivity contribution in [1.82, 2.24) is 9.88 Å². The molecule has 0 saturated carbocycles. The Morgan fingerprint density at radius 1 is 1.21 bits per heavy atom. The van der Waals surface area contributed by atoms with Crippen molar-refractivity contribution in [3.8, 4) is 0 Å². The SMILES string of the molecule is O=C(c1cc2c([nH]c1=O)CCC2)N1CCO[C@@H](c2ccccc2)C1. The fourth-order valence-corrected chi connectivity index (χ4v) is 3.55. The molecule has 1 aliphatic carbocycles. The highest BCUT2D eigenvalue weighted by Crippen LogP contribution is 2.24. The highest BCUT2D eigenvalue weighted by molar-refractivity contribution is 5.94. The molecular weight excluding hydrogens is 304 g/mol. The van der Waals surface area contributed by atoms with Crippen molar-refractivity contribution < 1.29 is 9.53 Å². The number of hydrogen-bond donors (Lipinski definition) is 1. The van der Waals surface area contributed by atoms with Crippen molar-refractivity contribution in [3.05, 3.63) is 69.1 Å². The number of carbonyl (C=O) groups is 1. The third-order valence-corrected chi connectivity index (χ3v) is 4.84. The first-order valence-electron chi connectivity index (χ1n) is 8.43. The van der Waals surface area contributed by atoms with Crippen LogP contribution in [0.3, 0.4) is 0 Å². The summed E-state index contributed by atoms with van der Waals surface area (Å²) < 4.78 is 5.80. The third kappa shape index (κ3) is 2.76. The van der Waals surface area contributed by atoms with Crippen LogP contribution in [0.1, 0.15) is 39.7 Å². The standard InChI is InChI=1S/C19H20N2O3/c22-18-15(11-14-7-4-8-16(14)20-18)19(23)21-9-10-24-17(12-21)13-5-2-1-3-6-13/h1-3,5-6,11,17H,4,7-10,12H2,(H,20,22)/t17-/m1/s1. The van der Waals surface area contributed by atoms with Gasteiger partial charge in [0.1, 0.15) is 11.7 Å². The Hall–Kier alpha value is -2.40. The number of morpholine rings is 1. The minimum absolute atomic E-state index is 0.141. The van der Waals surface area contributed by atoms with Gasteiger partial charge in [0.2, 0.25) is 0 Å². The Balaban J connectivity index is 1.57. The summed E-state index contributed by atoms with van der Waals surface area (Å²) in [5, 5.41) is 0. The lowest BCUT2D eigenvalue weighted by atomic mass is 10.1. The van der Waals surface area contributed by atoms with Gasteiger partial charge in [-0.2, -0.15) is 0 Å². The van der Waals surface area contributed by atoms with Gasteiger partial charge in [-0.05, 0) is 36.5 Å². The third-order valence-electron chi connectivity index (χ3n) is 4.84. The lowest BCUT2D eigenvalue weighted by Gasteiger charge is -2.33. The zero-order valence-corrected chi connectivity index (χ0v) is 13.5. The smallest absolute Gasteiger partial charge is 0.261 e. The van der Waals surface area contributed by atoms with E-state index in [1.54, 1.807) is 11.0 Å². The van der Waals surface area contributed by atoms with E-state index in [1.807, 2.05) is 30.3 Å². The second kappa shape index (κ2) is 6.24. The Morgan fingerprint density at radius 3 is 2.88 bits per heavy atom. The van der Waals surface area contributed by atoms with Gasteiger partial charge in [0.15, 0.2) is 0 Å². The van der Waals surface area contributed by atoms with Gasteiger partial charge in [-0.1, -0.05) is 30.3 Å². The maximum absolute atomic E-state index is 12.8. The Kier molecular flexibility index (Phi) is 3.94. The van der Waals surface area contributed by atoms with E-state index in [9.17, 15) is 9.59 Å². The van der Waals surface area contributed by atoms with E-state index >= 15 is 0 Å². The summed E-state index contributed by atoms with van der Waals surface area (Å²) in [4.78, 5) is 29.7. The number of aryl methyl sites for hydroxylation is 2. The lowest BCUT2D eigenvalue weighted by molar-refractivity contribution is -0.0228. The summed E-state index contributed by atoms with van der Waals surface area (Å²) in [6.07, 6.45) is 2.73. The van der Waals surface area contributed by atoms with Crippen LogP contribution in [-0.2, 0) is 17.6 Å². The molecule has 1 saturated heterocycles. The minimum Gasteiger partial charge on any atom is -0.370 e. The number of nitrogens with one attached hydrogen (secondary N) is 1. The lowest BCUT2D eigenvalue weighted by Crippen LogP contribution is -2.44. The fraction of sp³-hybridized carbons (Fsp3) is 0.368. The van der Waals surface area contributed by atoms with Gasteiger partial charge in [0, 0.05) is 12.2 Å². The highest BCUT2D eigenvalue weighted by Gasteiger charge is 2.28. The van der Waals surface area contributed by atoms with Crippen LogP contribution in [-0.4, -0.2) is 35.5 Å². The molecule has 2 heterocycles. The first-order valence-corrected chi connectivity index (χ1v) is 8.43. The average molecular weight is 324 g/mol. The van der Waals surface area contributed by atoms with Gasteiger partial charge < -0.3 is 14.6 Å². The number of pyridine rings is 1. The predicted octanol–water partition coefficient (Wildman–Crippen LogP) is 2.08. The summed E-state index contributed by atoms with van der Waals surface area (Å²) in [5.74, 6) is -0.199. The number of benzene rings is 1. The number of aromatic amines is 1. The van der Waals surface area contributed by atoms with Gasteiger partial charge in [-0.25, -0.2) is 0 Å². The van der Waals surface area contributed by atoms with Gasteiger partial charge in [0.25, 0.3) is 11.5 Å². The van der Waals surface area contributed by atoms with Gasteiger partial charge in [0.05, 0.1) is 13.2 Å². The monoisotopic (exact) mass is 324 g/mol. The van der Waals surface area contributed by atoms with Crippen LogP contribution in [0.25, 0.3) is 0 Å². The minimum atomic E-state index is -0.275. The van der Waals surface area contributed by atoms with Gasteiger partial charge in [-0.15, -0.1) is 0 Å². The van der Waals surface area contributed by atoms with Crippen LogP contribution >= 0.6 is 0 Å². The van der Waals surface area contributed by atoms with Crippen LogP contribution in [0.4, 0.5) is 0 Å². The molecule has 2 aromatic rings. The summed E-state index contributed by atoms with van der Waals surface area (Å²) in [6, 6.07) is 11.7. The summed E-state index contributed by atoms with van der Waals surface area (Å²) in [6.45, 7) is 1.46. The average Bonchev–Trinajstić information content (AvgIpc) is 3.08. The van der Waals surface area contributed by atoms with E-state index in [2.05, 4.69) is 4.98 Å². The molecule has 0 bridgehead atoms. The molecule has 4 rings (SSSR count). The molecule has 124 valence electrons. The quantitative estimate of drug-likeness (QED) is 0.920. The van der Waals surface area contributed by atoms with Crippen molar-refractivity contribution >= 4 is 5.91 Å². The number of aromatic nitrogens is 1. The van der Waals surface area contributed by atoms with Crippen molar-refractivity contribution in [1.29, 1.82) is 0 Å². The summed E-state index contributed by atoms with van der Waals surface area (Å²) >= 11 is 0. The molecule has 1 aromatic carbocycles. The normalized spacial score (nSPS) is 20.0. The van der Waals surface area contributed by atoms with E-state index in [4.69, 9.17) is 4.74 Å². The van der Waals surface area contributed by atoms with Crippen LogP contribution < -0.4 is 5.56 Å². The van der Waals surface area contributed by atoms with E-state index in [-0.39, 0.29) is 23.1 Å². The molecule has 1 aliphatic heterocycles. The first kappa shape index (κ1) is 15.1. The van der Waals surface area contributed by atoms with E-state index in [1.165, 1.54) is 0 Å². The molecule has 1 amide bonds. The second-order valence-corrected chi connectivity index (χ2v) is 6.39. The molecule has 1 atom stereocenters. The number of fused-ring (bicyclic) bond motifs is 1. The molecule has 0 radical (unpaired) electrons. The number of H-pyrrole nitrogens is 1. The molecule has 0 spiro atoms. The number of hydrogen-bond acceptors (Lipinski definition) is 3. The van der Waals surface area contributed by atoms with Crippen molar-refractivity contribution in [2.45, 2.75) is 25.4 Å². The molecule has 5 nitrogen and oxygen atoms in total. The molecule has 2 aliphatic rings. The summed E-state index contributed by atoms with van der Waals surface area (Å²) in [7, 11) is 0. The summed E-state index contributed by atoms with van der Waals surface area (Å²) in [5.41, 5.74) is 3.12. The zero-order valence-electron chi connectivity index (χ0n) is 13.5. The maximum atomic E-state index is 12.8. The molecule has 1 N–H and O–H groups in total. The molecule has 24 heavy (non-hydrogen) atoms. The number of ether oxygens (including phenoxy) is 1. The van der Waals surface area contributed by atoms with Crippen LogP contribution in [0.2, 0.25) is 0 Å². The number of carbonyl (C=O) groups excluding carboxylic acids is 1. The van der Waals surface area contributed by atoms with Crippen molar-refractivity contribution in [3.63, 3.8) is 0 Å². The van der Waals surface area contributed by atoms with E-state index in [0.717, 1.165) is 36.1 Å². The van der Waals surface area contributed by atoms with Crippen LogP contribution in [0, 0.1) is 0 Å².